The van der Waals surface area contributed by atoms with Gasteiger partial charge in [0, 0.05) is 150 Å². The first-order valence-electron chi connectivity index (χ1n) is 44.9. The fourth-order valence-electron chi connectivity index (χ4n) is 17.5. The Labute approximate surface area is 788 Å². The van der Waals surface area contributed by atoms with Gasteiger partial charge in [-0.2, -0.15) is 0 Å². The normalized spacial score (nSPS) is 20.9. The van der Waals surface area contributed by atoms with Crippen molar-refractivity contribution in [2.45, 2.75) is 124 Å². The first kappa shape index (κ1) is 96.1. The average Bonchev–Trinajstić information content (AvgIpc) is 1.76. The molecular formula is C94H117N11O18S8. The van der Waals surface area contributed by atoms with Gasteiger partial charge < -0.3 is 82.3 Å². The molecule has 5 aromatic carbocycles. The van der Waals surface area contributed by atoms with Crippen LogP contribution in [0.5, 0.6) is 5.75 Å². The number of nitrogens with two attached hydrogens (primary N) is 1. The Bertz CT molecular complexity index is 5790. The Hall–Kier alpha value is -8.03. The largest absolute Gasteiger partial charge is 0.488 e. The minimum Gasteiger partial charge on any atom is -0.488 e. The van der Waals surface area contributed by atoms with Gasteiger partial charge in [0.15, 0.2) is 40.4 Å². The van der Waals surface area contributed by atoms with Gasteiger partial charge in [0.25, 0.3) is 0 Å². The summed E-state index contributed by atoms with van der Waals surface area (Å²) in [6, 6.07) is 29.7. The van der Waals surface area contributed by atoms with Gasteiger partial charge in [0.2, 0.25) is 0 Å². The van der Waals surface area contributed by atoms with Crippen molar-refractivity contribution in [2.75, 3.05) is 228 Å². The summed E-state index contributed by atoms with van der Waals surface area (Å²) in [7, 11) is -10.3. The summed E-state index contributed by atoms with van der Waals surface area (Å²) in [5, 5.41) is 3.18. The zero-order valence-corrected chi connectivity index (χ0v) is 82.1. The van der Waals surface area contributed by atoms with Crippen LogP contribution in [0.15, 0.2) is 112 Å². The third kappa shape index (κ3) is 23.7. The molecule has 0 aliphatic carbocycles. The molecule has 131 heavy (non-hydrogen) atoms. The zero-order valence-electron chi connectivity index (χ0n) is 75.5. The molecule has 20 rings (SSSR count). The number of ketones is 1. The summed E-state index contributed by atoms with van der Waals surface area (Å²) >= 11 is 7.98. The highest BCUT2D eigenvalue weighted by atomic mass is 32.2. The summed E-state index contributed by atoms with van der Waals surface area (Å²) < 4.78 is 139. The first-order valence-corrected chi connectivity index (χ1v) is 53.7. The monoisotopic (exact) mass is 1940 g/mol. The number of sulfone groups is 3. The molecule has 29 nitrogen and oxygen atoms in total. The molecule has 704 valence electrons. The molecule has 0 spiro atoms. The third-order valence-corrected chi connectivity index (χ3v) is 36.4. The van der Waals surface area contributed by atoms with E-state index >= 15 is 0 Å². The molecule has 5 atom stereocenters. The number of Topliss-reactive ketones (excluding diaryl/α,β-unsaturated/α-hetero) is 1. The lowest BCUT2D eigenvalue weighted by molar-refractivity contribution is 0.0900. The van der Waals surface area contributed by atoms with Crippen molar-refractivity contribution in [3.05, 3.63) is 146 Å². The highest BCUT2D eigenvalue weighted by Crippen LogP contribution is 2.43. The number of carbonyl (C=O) groups excluding carboxylic acids is 1. The van der Waals surface area contributed by atoms with E-state index in [9.17, 15) is 30.0 Å². The smallest absolute Gasteiger partial charge is 0.183 e. The van der Waals surface area contributed by atoms with Crippen LogP contribution in [0.4, 0.5) is 33.6 Å². The predicted molar refractivity (Wildman–Crippen MR) is 518 cm³/mol. The first-order chi connectivity index (χ1) is 63.2. The molecular weight excluding hydrogens is 1830 g/mol. The Morgan fingerprint density at radius 2 is 0.679 bits per heavy atom. The Morgan fingerprint density at radius 1 is 0.344 bits per heavy atom. The standard InChI is InChI=1S/C19H23N3O3S.2C19H24N2O4S2.C19H24N2O3S.C18H22N2O4S2/c1-12-18(26-19(20)21-12)15-8-14(17(23)13-2-5-25-11-13)9-16(10-15)22-3-6-24-7-4-22;2*1-13-19(26-14(2)20-13)15-9-16(21-4-7-24-8-5-21)11-18(10-15)27(22,23)17-3-6-25-12-17;1-13-19(25-14(2)20-13)15-9-16(21-4-7-22-8-5-21)11-18(10-15)24-17-3-6-23-12-17;1-13-19-11-18(25-13)14-8-15(20-3-6-23-7-4-20)10-17(9-14)26(21,22)16-2-5-24-12-16/h8-10,13H,2-7,11H2,1H3,(H2,20,21);2*9-11,17H,3-8,12H2,1-2H3;9-11,17H,3-8,12H2,1-2H3;8-11,16H,2-7,12H2,1H3/t13-;3*17-;16-/m11111/s1. The molecule has 15 heterocycles. The van der Waals surface area contributed by atoms with Crippen molar-refractivity contribution in [1.82, 2.24) is 24.9 Å². The van der Waals surface area contributed by atoms with Gasteiger partial charge in [-0.25, -0.2) is 50.2 Å². The van der Waals surface area contributed by atoms with Crippen LogP contribution < -0.4 is 35.0 Å². The lowest BCUT2D eigenvalue weighted by atomic mass is 9.94. The van der Waals surface area contributed by atoms with E-state index in [-0.39, 0.29) is 37.6 Å². The van der Waals surface area contributed by atoms with E-state index in [1.807, 2.05) is 72.0 Å². The van der Waals surface area contributed by atoms with E-state index in [0.717, 1.165) is 217 Å². The maximum atomic E-state index is 13.2. The van der Waals surface area contributed by atoms with Crippen molar-refractivity contribution in [3.63, 3.8) is 0 Å². The lowest BCUT2D eigenvalue weighted by Crippen LogP contribution is -2.36. The van der Waals surface area contributed by atoms with Crippen molar-refractivity contribution < 1.29 is 82.2 Å². The van der Waals surface area contributed by atoms with Crippen molar-refractivity contribution in [1.29, 1.82) is 0 Å². The predicted octanol–water partition coefficient (Wildman–Crippen LogP) is 14.4. The maximum absolute atomic E-state index is 13.2. The van der Waals surface area contributed by atoms with Crippen LogP contribution in [0.25, 0.3) is 52.2 Å². The molecule has 0 amide bonds. The van der Waals surface area contributed by atoms with E-state index in [0.29, 0.717) is 132 Å². The number of rotatable bonds is 20. The Morgan fingerprint density at radius 3 is 1.02 bits per heavy atom. The number of nitrogen functional groups attached to an aromatic ring is 1. The van der Waals surface area contributed by atoms with Crippen LogP contribution in [-0.4, -0.2) is 275 Å². The average molecular weight is 1950 g/mol. The quantitative estimate of drug-likeness (QED) is 0.0693. The molecule has 0 bridgehead atoms. The second kappa shape index (κ2) is 43.8. The Balaban J connectivity index is 0.000000120. The van der Waals surface area contributed by atoms with E-state index in [1.54, 1.807) is 69.6 Å². The number of morpholine rings is 5. The van der Waals surface area contributed by atoms with Crippen LogP contribution >= 0.6 is 56.7 Å². The molecule has 10 aromatic rings. The molecule has 10 saturated heterocycles. The molecule has 0 radical (unpaired) electrons. The van der Waals surface area contributed by atoms with Crippen LogP contribution in [0, 0.1) is 61.3 Å². The highest BCUT2D eigenvalue weighted by Gasteiger charge is 2.37. The molecule has 10 fully saturated rings. The van der Waals surface area contributed by atoms with E-state index in [4.69, 9.17) is 57.8 Å². The van der Waals surface area contributed by atoms with E-state index in [2.05, 4.69) is 106 Å². The Kier molecular flexibility index (Phi) is 32.1. The zero-order chi connectivity index (χ0) is 91.5. The van der Waals surface area contributed by atoms with Gasteiger partial charge in [0.1, 0.15) is 11.9 Å². The number of ether oxygens (including phenoxy) is 11. The summed E-state index contributed by atoms with van der Waals surface area (Å²) in [6.45, 7) is 35.8. The third-order valence-electron chi connectivity index (χ3n) is 24.6. The van der Waals surface area contributed by atoms with Gasteiger partial charge in [-0.05, 0) is 194 Å². The number of hydrogen-bond donors (Lipinski definition) is 1. The molecule has 2 N–H and O–H groups in total. The van der Waals surface area contributed by atoms with Crippen LogP contribution in [0.3, 0.4) is 0 Å². The fourth-order valence-corrected chi connectivity index (χ4v) is 26.8. The van der Waals surface area contributed by atoms with Gasteiger partial charge >= 0.3 is 0 Å². The highest BCUT2D eigenvalue weighted by molar-refractivity contribution is 7.92. The number of thiazole rings is 5. The SMILES string of the molecule is Cc1nc(C)c(-c2cc(N3CCOCC3)cc(S(=O)(=O)[C@@H]3CCOC3)c2)s1.Cc1nc(C)c(-c2cc(N3CCOCC3)cc(S(=O)(=O)[C@@H]3CCOC3)c2)s1.Cc1nc(C)c(-c2cc(O[C@@H]3CCOC3)cc(N3CCOCC3)c2)s1.Cc1nc(N)sc1-c1cc(C(=O)[C@@H]2CCOC2)cc(N2CCOCC2)c1.Cc1ncc(-c2cc(N3CCOCC3)cc(S(=O)(=O)[C@@H]3CCOC3)c2)s1. The minimum atomic E-state index is -3.44. The van der Waals surface area contributed by atoms with E-state index in [1.165, 1.54) is 27.5 Å². The summed E-state index contributed by atoms with van der Waals surface area (Å²) in [6.07, 6.45) is 5.37. The van der Waals surface area contributed by atoms with Crippen molar-refractivity contribution in [3.8, 4) is 58.0 Å². The fraction of sp³-hybridized carbons (Fsp3) is 0.511. The van der Waals surface area contributed by atoms with E-state index < -0.39 is 45.3 Å². The van der Waals surface area contributed by atoms with Crippen LogP contribution in [0.1, 0.15) is 85.3 Å². The van der Waals surface area contributed by atoms with Gasteiger partial charge in [-0.3, -0.25) is 4.79 Å². The number of anilines is 6. The van der Waals surface area contributed by atoms with Crippen molar-refractivity contribution in [2.24, 2.45) is 5.92 Å². The minimum absolute atomic E-state index is 0.0459. The lowest BCUT2D eigenvalue weighted by Gasteiger charge is -2.29. The number of benzene rings is 5. The molecule has 10 aliphatic heterocycles. The molecule has 0 unspecified atom stereocenters. The van der Waals surface area contributed by atoms with Gasteiger partial charge in [-0.15, -0.1) is 45.3 Å². The summed E-state index contributed by atoms with van der Waals surface area (Å²) in [4.78, 5) is 52.9. The molecule has 5 aromatic heterocycles. The number of hydrogen-bond acceptors (Lipinski definition) is 34. The van der Waals surface area contributed by atoms with Crippen molar-refractivity contribution >= 4 is 126 Å². The number of aromatic nitrogens is 5. The maximum Gasteiger partial charge on any atom is 0.183 e. The van der Waals surface area contributed by atoms with Gasteiger partial charge in [0.05, 0.1) is 203 Å². The number of nitrogens with zero attached hydrogens (tertiary/aromatic N) is 10. The molecule has 0 saturated carbocycles. The number of aryl methyl sites for hydroxylation is 8. The summed E-state index contributed by atoms with van der Waals surface area (Å²) in [5.41, 5.74) is 20.4. The van der Waals surface area contributed by atoms with Crippen LogP contribution in [-0.2, 0) is 76.9 Å². The second-order valence-electron chi connectivity index (χ2n) is 33.9. The second-order valence-corrected chi connectivity index (χ2v) is 46.5. The molecule has 37 heteroatoms. The number of carbonyl (C=O) groups is 1. The summed E-state index contributed by atoms with van der Waals surface area (Å²) in [5.74, 6) is 1.03. The topological polar surface area (TPSA) is 328 Å². The molecule has 10 aliphatic rings. The van der Waals surface area contributed by atoms with Crippen LogP contribution in [0.2, 0.25) is 0 Å². The van der Waals surface area contributed by atoms with Gasteiger partial charge in [-0.1, -0.05) is 11.3 Å².